The number of hydrogen-bond donors (Lipinski definition) is 1. The van der Waals surface area contributed by atoms with Gasteiger partial charge in [0.05, 0.1) is 0 Å². The van der Waals surface area contributed by atoms with E-state index in [4.69, 9.17) is 0 Å². The van der Waals surface area contributed by atoms with Crippen LogP contribution in [0.3, 0.4) is 0 Å². The summed E-state index contributed by atoms with van der Waals surface area (Å²) >= 11 is 0. The molecule has 0 aromatic heterocycles. The van der Waals surface area contributed by atoms with Gasteiger partial charge in [-0.25, -0.2) is 4.39 Å². The molecule has 0 saturated carbocycles. The number of benzene rings is 1. The first-order valence-corrected chi connectivity index (χ1v) is 9.19. The Balaban J connectivity index is 1.38. The number of carbonyl (C=O) groups excluding carboxylic acids is 2. The second-order valence-corrected chi connectivity index (χ2v) is 6.89. The van der Waals surface area contributed by atoms with E-state index in [0.29, 0.717) is 31.0 Å². The molecule has 25 heavy (non-hydrogen) atoms. The van der Waals surface area contributed by atoms with Gasteiger partial charge in [0.15, 0.2) is 0 Å². The van der Waals surface area contributed by atoms with Crippen LogP contribution in [0.1, 0.15) is 42.5 Å². The molecule has 1 aromatic rings. The SMILES string of the molecule is O=C(NCCCC(=O)N1CCCN2CCC[C@H]2C1)c1ccc(F)cc1. The maximum Gasteiger partial charge on any atom is 0.251 e. The minimum absolute atomic E-state index is 0.185. The van der Waals surface area contributed by atoms with E-state index in [2.05, 4.69) is 10.2 Å². The summed E-state index contributed by atoms with van der Waals surface area (Å²) in [6, 6.07) is 5.99. The molecule has 2 fully saturated rings. The van der Waals surface area contributed by atoms with E-state index in [0.717, 1.165) is 26.1 Å². The van der Waals surface area contributed by atoms with Crippen LogP contribution in [0, 0.1) is 5.82 Å². The van der Waals surface area contributed by atoms with Crippen molar-refractivity contribution < 1.29 is 14.0 Å². The Morgan fingerprint density at radius 1 is 1.12 bits per heavy atom. The van der Waals surface area contributed by atoms with Crippen molar-refractivity contribution in [1.82, 2.24) is 15.1 Å². The summed E-state index contributed by atoms with van der Waals surface area (Å²) in [4.78, 5) is 28.9. The van der Waals surface area contributed by atoms with Gasteiger partial charge >= 0.3 is 0 Å². The molecule has 2 heterocycles. The van der Waals surface area contributed by atoms with Crippen molar-refractivity contribution in [1.29, 1.82) is 0 Å². The molecule has 5 nitrogen and oxygen atoms in total. The highest BCUT2D eigenvalue weighted by molar-refractivity contribution is 5.94. The maximum atomic E-state index is 12.9. The number of nitrogens with zero attached hydrogens (tertiary/aromatic N) is 2. The summed E-state index contributed by atoms with van der Waals surface area (Å²) in [6.45, 7) is 4.41. The quantitative estimate of drug-likeness (QED) is 0.830. The zero-order valence-electron chi connectivity index (χ0n) is 14.5. The van der Waals surface area contributed by atoms with Crippen molar-refractivity contribution in [2.75, 3.05) is 32.7 Å². The minimum atomic E-state index is -0.361. The summed E-state index contributed by atoms with van der Waals surface area (Å²) in [5.41, 5.74) is 0.432. The summed E-state index contributed by atoms with van der Waals surface area (Å²) < 4.78 is 12.9. The number of amides is 2. The molecule has 3 rings (SSSR count). The largest absolute Gasteiger partial charge is 0.352 e. The van der Waals surface area contributed by atoms with E-state index >= 15 is 0 Å². The lowest BCUT2D eigenvalue weighted by molar-refractivity contribution is -0.131. The molecule has 1 atom stereocenters. The fourth-order valence-electron chi connectivity index (χ4n) is 3.74. The monoisotopic (exact) mass is 347 g/mol. The molecule has 0 aliphatic carbocycles. The molecule has 0 radical (unpaired) electrons. The number of nitrogens with one attached hydrogen (secondary N) is 1. The van der Waals surface area contributed by atoms with E-state index in [1.165, 1.54) is 43.7 Å². The standard InChI is InChI=1S/C19H26FN3O2/c20-16-8-6-15(7-9-16)19(25)21-10-1-5-18(24)23-13-3-12-22-11-2-4-17(22)14-23/h6-9,17H,1-5,10-14H2,(H,21,25)/t17-/m0/s1. The second kappa shape index (κ2) is 8.43. The lowest BCUT2D eigenvalue weighted by Crippen LogP contribution is -2.39. The van der Waals surface area contributed by atoms with Crippen LogP contribution in [0.25, 0.3) is 0 Å². The molecule has 2 saturated heterocycles. The van der Waals surface area contributed by atoms with Crippen molar-refractivity contribution in [3.05, 3.63) is 35.6 Å². The molecular weight excluding hydrogens is 321 g/mol. The van der Waals surface area contributed by atoms with Crippen LogP contribution in [-0.2, 0) is 4.79 Å². The van der Waals surface area contributed by atoms with Crippen molar-refractivity contribution in [2.45, 2.75) is 38.1 Å². The first-order valence-electron chi connectivity index (χ1n) is 9.19. The van der Waals surface area contributed by atoms with Gasteiger partial charge in [-0.1, -0.05) is 0 Å². The van der Waals surface area contributed by atoms with Crippen LogP contribution in [0.2, 0.25) is 0 Å². The Bertz CT molecular complexity index is 605. The van der Waals surface area contributed by atoms with Crippen LogP contribution in [0.4, 0.5) is 4.39 Å². The summed E-state index contributed by atoms with van der Waals surface area (Å²) in [5.74, 6) is -0.408. The second-order valence-electron chi connectivity index (χ2n) is 6.89. The number of fused-ring (bicyclic) bond motifs is 1. The smallest absolute Gasteiger partial charge is 0.251 e. The first-order chi connectivity index (χ1) is 12.1. The van der Waals surface area contributed by atoms with Crippen LogP contribution >= 0.6 is 0 Å². The topological polar surface area (TPSA) is 52.7 Å². The molecule has 2 aliphatic rings. The Hall–Kier alpha value is -1.95. The Morgan fingerprint density at radius 2 is 1.88 bits per heavy atom. The number of carbonyl (C=O) groups is 2. The van der Waals surface area contributed by atoms with E-state index in [-0.39, 0.29) is 17.6 Å². The third-order valence-electron chi connectivity index (χ3n) is 5.12. The van der Waals surface area contributed by atoms with Gasteiger partial charge in [0.1, 0.15) is 5.82 Å². The van der Waals surface area contributed by atoms with Crippen molar-refractivity contribution in [2.24, 2.45) is 0 Å². The zero-order chi connectivity index (χ0) is 17.6. The maximum absolute atomic E-state index is 12.9. The molecule has 1 N–H and O–H groups in total. The Morgan fingerprint density at radius 3 is 2.68 bits per heavy atom. The predicted molar refractivity (Wildman–Crippen MR) is 93.8 cm³/mol. The highest BCUT2D eigenvalue weighted by Crippen LogP contribution is 2.21. The fraction of sp³-hybridized carbons (Fsp3) is 0.579. The number of halogens is 1. The summed E-state index contributed by atoms with van der Waals surface area (Å²) in [7, 11) is 0. The number of rotatable bonds is 5. The van der Waals surface area contributed by atoms with Gasteiger partial charge in [0.25, 0.3) is 5.91 Å². The van der Waals surface area contributed by atoms with Gasteiger partial charge in [-0.15, -0.1) is 0 Å². The van der Waals surface area contributed by atoms with Gasteiger partial charge < -0.3 is 10.2 Å². The van der Waals surface area contributed by atoms with Crippen molar-refractivity contribution in [3.63, 3.8) is 0 Å². The molecule has 2 amide bonds. The molecule has 2 aliphatic heterocycles. The predicted octanol–water partition coefficient (Wildman–Crippen LogP) is 2.03. The third-order valence-corrected chi connectivity index (χ3v) is 5.12. The Labute approximate surface area is 148 Å². The molecule has 6 heteroatoms. The van der Waals surface area contributed by atoms with Gasteiger partial charge in [0, 0.05) is 44.2 Å². The van der Waals surface area contributed by atoms with Crippen molar-refractivity contribution >= 4 is 11.8 Å². The van der Waals surface area contributed by atoms with E-state index < -0.39 is 0 Å². The summed E-state index contributed by atoms with van der Waals surface area (Å²) in [6.07, 6.45) is 4.55. The van der Waals surface area contributed by atoms with Crippen LogP contribution in [0.15, 0.2) is 24.3 Å². The van der Waals surface area contributed by atoms with E-state index in [1.807, 2.05) is 4.90 Å². The lowest BCUT2D eigenvalue weighted by atomic mass is 10.2. The fourth-order valence-corrected chi connectivity index (χ4v) is 3.74. The Kier molecular flexibility index (Phi) is 6.02. The van der Waals surface area contributed by atoms with Crippen LogP contribution in [0.5, 0.6) is 0 Å². The highest BCUT2D eigenvalue weighted by atomic mass is 19.1. The molecule has 0 spiro atoms. The van der Waals surface area contributed by atoms with Crippen molar-refractivity contribution in [3.8, 4) is 0 Å². The zero-order valence-corrected chi connectivity index (χ0v) is 14.5. The molecule has 0 bridgehead atoms. The normalized spacial score (nSPS) is 20.8. The van der Waals surface area contributed by atoms with Gasteiger partial charge in [0.2, 0.25) is 5.91 Å². The first kappa shape index (κ1) is 17.9. The average molecular weight is 347 g/mol. The molecule has 1 aromatic carbocycles. The lowest BCUT2D eigenvalue weighted by Gasteiger charge is -2.25. The minimum Gasteiger partial charge on any atom is -0.352 e. The molecular formula is C19H26FN3O2. The number of hydrogen-bond acceptors (Lipinski definition) is 3. The third kappa shape index (κ3) is 4.78. The van der Waals surface area contributed by atoms with Gasteiger partial charge in [-0.2, -0.15) is 0 Å². The molecule has 136 valence electrons. The van der Waals surface area contributed by atoms with Gasteiger partial charge in [-0.3, -0.25) is 14.5 Å². The van der Waals surface area contributed by atoms with E-state index in [9.17, 15) is 14.0 Å². The average Bonchev–Trinajstić information content (AvgIpc) is 2.95. The highest BCUT2D eigenvalue weighted by Gasteiger charge is 2.30. The van der Waals surface area contributed by atoms with Gasteiger partial charge in [-0.05, 0) is 56.5 Å². The molecule has 0 unspecified atom stereocenters. The van der Waals surface area contributed by atoms with E-state index in [1.54, 1.807) is 0 Å². The summed E-state index contributed by atoms with van der Waals surface area (Å²) in [5, 5.41) is 2.79. The van der Waals surface area contributed by atoms with Crippen LogP contribution < -0.4 is 5.32 Å². The van der Waals surface area contributed by atoms with Crippen LogP contribution in [-0.4, -0.2) is 60.4 Å².